The van der Waals surface area contributed by atoms with Gasteiger partial charge in [-0.3, -0.25) is 4.79 Å². The van der Waals surface area contributed by atoms with Crippen molar-refractivity contribution >= 4 is 18.3 Å². The number of rotatable bonds is 8. The molecular weight excluding hydrogens is 288 g/mol. The van der Waals surface area contributed by atoms with Crippen LogP contribution in [0.1, 0.15) is 38.7 Å². The molecular formula is C16H27ClN2O2. The minimum absolute atomic E-state index is 0. The molecule has 3 N–H and O–H groups in total. The Hall–Kier alpha value is -1.26. The topological polar surface area (TPSA) is 64.4 Å². The Kier molecular flexibility index (Phi) is 9.06. The molecule has 1 aromatic carbocycles. The smallest absolute Gasteiger partial charge is 0.239 e. The van der Waals surface area contributed by atoms with Crippen molar-refractivity contribution in [2.24, 2.45) is 5.73 Å². The van der Waals surface area contributed by atoms with Crippen molar-refractivity contribution in [3.05, 3.63) is 29.8 Å². The zero-order valence-corrected chi connectivity index (χ0v) is 14.0. The number of benzene rings is 1. The Bertz CT molecular complexity index is 419. The molecule has 0 spiro atoms. The number of ether oxygens (including phenoxy) is 1. The Morgan fingerprint density at radius 1 is 1.33 bits per heavy atom. The minimum atomic E-state index is -0.755. The van der Waals surface area contributed by atoms with Gasteiger partial charge in [-0.25, -0.2) is 0 Å². The van der Waals surface area contributed by atoms with Gasteiger partial charge < -0.3 is 15.8 Å². The molecule has 1 amide bonds. The predicted molar refractivity (Wildman–Crippen MR) is 89.1 cm³/mol. The summed E-state index contributed by atoms with van der Waals surface area (Å²) in [5.74, 6) is 0.801. The number of aryl methyl sites for hydroxylation is 1. The number of methoxy groups -OCH3 is 1. The molecule has 0 saturated heterocycles. The molecule has 1 unspecified atom stereocenters. The van der Waals surface area contributed by atoms with Crippen LogP contribution >= 0.6 is 12.4 Å². The Morgan fingerprint density at radius 3 is 2.48 bits per heavy atom. The van der Waals surface area contributed by atoms with E-state index >= 15 is 0 Å². The third-order valence-electron chi connectivity index (χ3n) is 3.37. The van der Waals surface area contributed by atoms with Gasteiger partial charge in [0, 0.05) is 6.54 Å². The molecule has 0 aliphatic carbocycles. The molecule has 0 bridgehead atoms. The number of nitrogens with one attached hydrogen (secondary N) is 1. The highest BCUT2D eigenvalue weighted by molar-refractivity contribution is 5.85. The Labute approximate surface area is 133 Å². The third-order valence-corrected chi connectivity index (χ3v) is 3.37. The maximum absolute atomic E-state index is 11.9. The molecule has 0 aromatic heterocycles. The standard InChI is InChI=1S/C16H26N2O2.ClH/c1-4-11-16(2,17)15(19)18-12-5-6-13-7-9-14(20-3)10-8-13;/h7-10H,4-6,11-12,17H2,1-3H3,(H,18,19);1H. The summed E-state index contributed by atoms with van der Waals surface area (Å²) in [7, 11) is 1.66. The van der Waals surface area contributed by atoms with Gasteiger partial charge in [-0.15, -0.1) is 12.4 Å². The van der Waals surface area contributed by atoms with E-state index in [1.54, 1.807) is 14.0 Å². The second kappa shape index (κ2) is 9.64. The molecule has 1 aromatic rings. The number of hydrogen-bond acceptors (Lipinski definition) is 3. The van der Waals surface area contributed by atoms with Gasteiger partial charge in [0.05, 0.1) is 12.6 Å². The molecule has 120 valence electrons. The van der Waals surface area contributed by atoms with Gasteiger partial charge in [0.1, 0.15) is 5.75 Å². The highest BCUT2D eigenvalue weighted by Crippen LogP contribution is 2.12. The normalized spacial score (nSPS) is 13.0. The number of carbonyl (C=O) groups is 1. The summed E-state index contributed by atoms with van der Waals surface area (Å²) in [4.78, 5) is 11.9. The highest BCUT2D eigenvalue weighted by atomic mass is 35.5. The summed E-state index contributed by atoms with van der Waals surface area (Å²) in [5.41, 5.74) is 6.45. The lowest BCUT2D eigenvalue weighted by atomic mass is 9.96. The van der Waals surface area contributed by atoms with E-state index in [0.717, 1.165) is 25.0 Å². The fourth-order valence-electron chi connectivity index (χ4n) is 2.12. The number of hydrogen-bond donors (Lipinski definition) is 2. The van der Waals surface area contributed by atoms with Crippen molar-refractivity contribution in [3.8, 4) is 5.75 Å². The van der Waals surface area contributed by atoms with Crippen LogP contribution in [0.25, 0.3) is 0 Å². The zero-order chi connectivity index (χ0) is 15.0. The molecule has 4 nitrogen and oxygen atoms in total. The van der Waals surface area contributed by atoms with Gasteiger partial charge in [0.2, 0.25) is 5.91 Å². The molecule has 1 rings (SSSR count). The molecule has 21 heavy (non-hydrogen) atoms. The average molecular weight is 315 g/mol. The largest absolute Gasteiger partial charge is 0.497 e. The van der Waals surface area contributed by atoms with E-state index in [0.29, 0.717) is 13.0 Å². The Balaban J connectivity index is 0.00000400. The quantitative estimate of drug-likeness (QED) is 0.725. The van der Waals surface area contributed by atoms with Crippen molar-refractivity contribution in [1.29, 1.82) is 0 Å². The lowest BCUT2D eigenvalue weighted by Gasteiger charge is -2.22. The molecule has 5 heteroatoms. The summed E-state index contributed by atoms with van der Waals surface area (Å²) < 4.78 is 5.12. The van der Waals surface area contributed by atoms with E-state index in [2.05, 4.69) is 5.32 Å². The lowest BCUT2D eigenvalue weighted by molar-refractivity contribution is -0.126. The third kappa shape index (κ3) is 6.82. The van der Waals surface area contributed by atoms with Crippen LogP contribution in [-0.2, 0) is 11.2 Å². The number of carbonyl (C=O) groups excluding carboxylic acids is 1. The van der Waals surface area contributed by atoms with Crippen molar-refractivity contribution in [3.63, 3.8) is 0 Å². The first-order valence-corrected chi connectivity index (χ1v) is 7.19. The molecule has 0 aliphatic rings. The maximum atomic E-state index is 11.9. The van der Waals surface area contributed by atoms with E-state index in [1.807, 2.05) is 31.2 Å². The summed E-state index contributed by atoms with van der Waals surface area (Å²) in [6.07, 6.45) is 3.45. The van der Waals surface area contributed by atoms with Crippen LogP contribution < -0.4 is 15.8 Å². The van der Waals surface area contributed by atoms with Gasteiger partial charge in [0.15, 0.2) is 0 Å². The summed E-state index contributed by atoms with van der Waals surface area (Å²) in [6.45, 7) is 4.47. The van der Waals surface area contributed by atoms with Crippen LogP contribution in [-0.4, -0.2) is 25.1 Å². The van der Waals surface area contributed by atoms with E-state index in [9.17, 15) is 4.79 Å². The second-order valence-electron chi connectivity index (χ2n) is 5.37. The van der Waals surface area contributed by atoms with E-state index in [4.69, 9.17) is 10.5 Å². The van der Waals surface area contributed by atoms with E-state index in [1.165, 1.54) is 5.56 Å². The first kappa shape index (κ1) is 19.7. The van der Waals surface area contributed by atoms with Crippen LogP contribution in [0.4, 0.5) is 0 Å². The van der Waals surface area contributed by atoms with Gasteiger partial charge in [0.25, 0.3) is 0 Å². The number of amides is 1. The van der Waals surface area contributed by atoms with Gasteiger partial charge in [-0.05, 0) is 43.9 Å². The number of nitrogens with two attached hydrogens (primary N) is 1. The average Bonchev–Trinajstić information content (AvgIpc) is 2.44. The highest BCUT2D eigenvalue weighted by Gasteiger charge is 2.26. The summed E-state index contributed by atoms with van der Waals surface area (Å²) in [5, 5.41) is 2.91. The van der Waals surface area contributed by atoms with Crippen LogP contribution in [0, 0.1) is 0 Å². The maximum Gasteiger partial charge on any atom is 0.239 e. The molecule has 0 heterocycles. The van der Waals surface area contributed by atoms with Crippen molar-refractivity contribution in [2.45, 2.75) is 45.1 Å². The first-order valence-electron chi connectivity index (χ1n) is 7.19. The first-order chi connectivity index (χ1) is 9.49. The van der Waals surface area contributed by atoms with Gasteiger partial charge in [-0.1, -0.05) is 25.5 Å². The summed E-state index contributed by atoms with van der Waals surface area (Å²) >= 11 is 0. The van der Waals surface area contributed by atoms with Gasteiger partial charge in [-0.2, -0.15) is 0 Å². The fourth-order valence-corrected chi connectivity index (χ4v) is 2.12. The molecule has 0 aliphatic heterocycles. The predicted octanol–water partition coefficient (Wildman–Crippen LogP) is 2.68. The van der Waals surface area contributed by atoms with E-state index in [-0.39, 0.29) is 18.3 Å². The Morgan fingerprint density at radius 2 is 1.95 bits per heavy atom. The minimum Gasteiger partial charge on any atom is -0.497 e. The summed E-state index contributed by atoms with van der Waals surface area (Å²) in [6, 6.07) is 7.99. The van der Waals surface area contributed by atoms with Crippen molar-refractivity contribution in [2.75, 3.05) is 13.7 Å². The van der Waals surface area contributed by atoms with Gasteiger partial charge >= 0.3 is 0 Å². The molecule has 0 saturated carbocycles. The van der Waals surface area contributed by atoms with Crippen LogP contribution in [0.15, 0.2) is 24.3 Å². The fraction of sp³-hybridized carbons (Fsp3) is 0.562. The van der Waals surface area contributed by atoms with Crippen LogP contribution in [0.2, 0.25) is 0 Å². The monoisotopic (exact) mass is 314 g/mol. The van der Waals surface area contributed by atoms with E-state index < -0.39 is 5.54 Å². The van der Waals surface area contributed by atoms with Crippen molar-refractivity contribution < 1.29 is 9.53 Å². The molecule has 0 fully saturated rings. The second-order valence-corrected chi connectivity index (χ2v) is 5.37. The number of halogens is 1. The van der Waals surface area contributed by atoms with Crippen molar-refractivity contribution in [1.82, 2.24) is 5.32 Å². The molecule has 1 atom stereocenters. The molecule has 0 radical (unpaired) electrons. The SMILES string of the molecule is CCCC(C)(N)C(=O)NCCCc1ccc(OC)cc1.Cl. The lowest BCUT2D eigenvalue weighted by Crippen LogP contribution is -2.51. The zero-order valence-electron chi connectivity index (χ0n) is 13.1. The van der Waals surface area contributed by atoms with Crippen LogP contribution in [0.3, 0.4) is 0 Å². The van der Waals surface area contributed by atoms with Crippen LogP contribution in [0.5, 0.6) is 5.75 Å².